The van der Waals surface area contributed by atoms with Gasteiger partial charge in [-0.05, 0) is 42.0 Å². The van der Waals surface area contributed by atoms with Gasteiger partial charge in [-0.25, -0.2) is 4.98 Å². The van der Waals surface area contributed by atoms with Crippen LogP contribution >= 0.6 is 0 Å². The molecule has 0 atom stereocenters. The second-order valence-corrected chi connectivity index (χ2v) is 7.62. The van der Waals surface area contributed by atoms with Gasteiger partial charge in [-0.15, -0.1) is 0 Å². The summed E-state index contributed by atoms with van der Waals surface area (Å²) in [5.74, 6) is 1.96. The third kappa shape index (κ3) is 4.75. The second kappa shape index (κ2) is 9.62. The first kappa shape index (κ1) is 20.8. The van der Waals surface area contributed by atoms with Crippen molar-refractivity contribution < 1.29 is 14.2 Å². The van der Waals surface area contributed by atoms with Crippen molar-refractivity contribution in [2.24, 2.45) is 0 Å². The van der Waals surface area contributed by atoms with Crippen molar-refractivity contribution in [3.8, 4) is 28.6 Å². The maximum absolute atomic E-state index is 5.84. The van der Waals surface area contributed by atoms with Crippen LogP contribution in [-0.4, -0.2) is 35.5 Å². The fourth-order valence-electron chi connectivity index (χ4n) is 3.70. The Morgan fingerprint density at radius 3 is 2.64 bits per heavy atom. The molecule has 1 aliphatic heterocycles. The average molecular weight is 444 g/mol. The van der Waals surface area contributed by atoms with Gasteiger partial charge < -0.3 is 24.8 Å². The second-order valence-electron chi connectivity index (χ2n) is 7.62. The van der Waals surface area contributed by atoms with Crippen molar-refractivity contribution >= 4 is 11.4 Å². The SMILES string of the molecule is COc1nc(-c2cccc3c2OCCO3)ccc1Nc1ccc(CNCc2cn[nH]c2)cc1. The number of fused-ring (bicyclic) bond motifs is 1. The summed E-state index contributed by atoms with van der Waals surface area (Å²) in [6.07, 6.45) is 3.71. The fraction of sp³-hybridized carbons (Fsp3) is 0.200. The molecule has 2 aromatic heterocycles. The Bertz CT molecular complexity index is 1210. The van der Waals surface area contributed by atoms with Crippen LogP contribution in [0.3, 0.4) is 0 Å². The number of ether oxygens (including phenoxy) is 3. The van der Waals surface area contributed by atoms with E-state index in [0.717, 1.165) is 52.8 Å². The molecule has 0 bridgehead atoms. The molecule has 3 heterocycles. The Morgan fingerprint density at radius 2 is 1.82 bits per heavy atom. The van der Waals surface area contributed by atoms with Crippen molar-refractivity contribution in [3.63, 3.8) is 0 Å². The first-order valence-corrected chi connectivity index (χ1v) is 10.8. The van der Waals surface area contributed by atoms with E-state index in [-0.39, 0.29) is 0 Å². The van der Waals surface area contributed by atoms with Crippen LogP contribution in [0, 0.1) is 0 Å². The minimum atomic E-state index is 0.507. The van der Waals surface area contributed by atoms with E-state index in [1.165, 1.54) is 5.56 Å². The van der Waals surface area contributed by atoms with Crippen LogP contribution in [0.5, 0.6) is 17.4 Å². The number of anilines is 2. The molecule has 0 aliphatic carbocycles. The zero-order valence-electron chi connectivity index (χ0n) is 18.3. The number of pyridine rings is 1. The van der Waals surface area contributed by atoms with Gasteiger partial charge in [0.15, 0.2) is 11.5 Å². The molecule has 1 aliphatic rings. The van der Waals surface area contributed by atoms with Gasteiger partial charge >= 0.3 is 0 Å². The lowest BCUT2D eigenvalue weighted by Gasteiger charge is -2.21. The molecule has 0 fully saturated rings. The van der Waals surface area contributed by atoms with E-state index in [9.17, 15) is 0 Å². The smallest absolute Gasteiger partial charge is 0.238 e. The molecular weight excluding hydrogens is 418 g/mol. The van der Waals surface area contributed by atoms with Crippen LogP contribution in [0.2, 0.25) is 0 Å². The average Bonchev–Trinajstić information content (AvgIpc) is 3.39. The van der Waals surface area contributed by atoms with Crippen LogP contribution in [0.15, 0.2) is 67.0 Å². The number of aromatic amines is 1. The van der Waals surface area contributed by atoms with Crippen molar-refractivity contribution in [2.75, 3.05) is 25.6 Å². The van der Waals surface area contributed by atoms with Gasteiger partial charge in [0.1, 0.15) is 18.9 Å². The zero-order chi connectivity index (χ0) is 22.5. The number of para-hydroxylation sites is 1. The molecule has 8 heteroatoms. The first-order valence-electron chi connectivity index (χ1n) is 10.8. The topological polar surface area (TPSA) is 93.3 Å². The predicted octanol–water partition coefficient (Wildman–Crippen LogP) is 4.28. The van der Waals surface area contributed by atoms with Crippen LogP contribution in [0.25, 0.3) is 11.3 Å². The third-order valence-electron chi connectivity index (χ3n) is 5.34. The van der Waals surface area contributed by atoms with Gasteiger partial charge in [-0.3, -0.25) is 5.10 Å². The maximum atomic E-state index is 5.84. The normalized spacial score (nSPS) is 12.4. The highest BCUT2D eigenvalue weighted by Gasteiger charge is 2.18. The molecule has 0 saturated heterocycles. The standard InChI is InChI=1S/C25H25N5O3/c1-31-25-22(10-9-21(30-25)20-3-2-4-23-24(20)33-12-11-32-23)29-19-7-5-17(6-8-19)13-26-14-18-15-27-28-16-18/h2-10,15-16,26,29H,11-14H2,1H3,(H,27,28). The number of nitrogens with one attached hydrogen (secondary N) is 3. The summed E-state index contributed by atoms with van der Waals surface area (Å²) in [6.45, 7) is 2.62. The van der Waals surface area contributed by atoms with Crippen molar-refractivity contribution in [3.05, 3.63) is 78.1 Å². The quantitative estimate of drug-likeness (QED) is 0.374. The fourth-order valence-corrected chi connectivity index (χ4v) is 3.70. The minimum absolute atomic E-state index is 0.507. The van der Waals surface area contributed by atoms with Gasteiger partial charge in [0.2, 0.25) is 5.88 Å². The van der Waals surface area contributed by atoms with E-state index in [0.29, 0.717) is 19.1 Å². The van der Waals surface area contributed by atoms with Gasteiger partial charge in [-0.2, -0.15) is 5.10 Å². The zero-order valence-corrected chi connectivity index (χ0v) is 18.3. The molecule has 0 amide bonds. The van der Waals surface area contributed by atoms with Crippen LogP contribution in [-0.2, 0) is 13.1 Å². The summed E-state index contributed by atoms with van der Waals surface area (Å²) < 4.78 is 17.1. The summed E-state index contributed by atoms with van der Waals surface area (Å²) in [7, 11) is 1.62. The van der Waals surface area contributed by atoms with Gasteiger partial charge in [0.25, 0.3) is 0 Å². The van der Waals surface area contributed by atoms with E-state index in [4.69, 9.17) is 19.2 Å². The molecule has 8 nitrogen and oxygen atoms in total. The third-order valence-corrected chi connectivity index (χ3v) is 5.34. The Hall–Kier alpha value is -4.04. The molecule has 5 rings (SSSR count). The number of hydrogen-bond donors (Lipinski definition) is 3. The maximum Gasteiger partial charge on any atom is 0.238 e. The summed E-state index contributed by atoms with van der Waals surface area (Å²) in [4.78, 5) is 4.71. The van der Waals surface area contributed by atoms with E-state index in [1.54, 1.807) is 7.11 Å². The summed E-state index contributed by atoms with van der Waals surface area (Å²) in [5, 5.41) is 13.6. The van der Waals surface area contributed by atoms with E-state index in [1.807, 2.05) is 54.9 Å². The summed E-state index contributed by atoms with van der Waals surface area (Å²) in [5.41, 5.74) is 5.71. The Kier molecular flexibility index (Phi) is 6.08. The van der Waals surface area contributed by atoms with Gasteiger partial charge in [0.05, 0.1) is 19.0 Å². The minimum Gasteiger partial charge on any atom is -0.486 e. The lowest BCUT2D eigenvalue weighted by molar-refractivity contribution is 0.172. The molecule has 0 unspecified atom stereocenters. The number of rotatable bonds is 8. The lowest BCUT2D eigenvalue weighted by atomic mass is 10.1. The Morgan fingerprint density at radius 1 is 0.970 bits per heavy atom. The number of nitrogens with zero attached hydrogens (tertiary/aromatic N) is 2. The number of aromatic nitrogens is 3. The molecule has 4 aromatic rings. The van der Waals surface area contributed by atoms with Crippen molar-refractivity contribution in [1.82, 2.24) is 20.5 Å². The summed E-state index contributed by atoms with van der Waals surface area (Å²) >= 11 is 0. The highest BCUT2D eigenvalue weighted by atomic mass is 16.6. The molecule has 0 spiro atoms. The molecule has 33 heavy (non-hydrogen) atoms. The van der Waals surface area contributed by atoms with E-state index < -0.39 is 0 Å². The molecule has 3 N–H and O–H groups in total. The van der Waals surface area contributed by atoms with E-state index >= 15 is 0 Å². The molecule has 0 radical (unpaired) electrons. The summed E-state index contributed by atoms with van der Waals surface area (Å²) in [6, 6.07) is 18.0. The van der Waals surface area contributed by atoms with Gasteiger partial charge in [-0.1, -0.05) is 18.2 Å². The Balaban J connectivity index is 1.28. The number of H-pyrrole nitrogens is 1. The van der Waals surface area contributed by atoms with Crippen LogP contribution < -0.4 is 24.8 Å². The Labute approximate surface area is 191 Å². The molecular formula is C25H25N5O3. The van der Waals surface area contributed by atoms with Gasteiger partial charge in [0, 0.05) is 36.1 Å². The van der Waals surface area contributed by atoms with Crippen molar-refractivity contribution in [2.45, 2.75) is 13.1 Å². The van der Waals surface area contributed by atoms with Crippen LogP contribution in [0.1, 0.15) is 11.1 Å². The highest BCUT2D eigenvalue weighted by molar-refractivity contribution is 5.74. The first-order chi connectivity index (χ1) is 16.3. The number of benzene rings is 2. The van der Waals surface area contributed by atoms with E-state index in [2.05, 4.69) is 33.0 Å². The lowest BCUT2D eigenvalue weighted by Crippen LogP contribution is -2.16. The molecule has 2 aromatic carbocycles. The molecule has 168 valence electrons. The molecule has 0 saturated carbocycles. The monoisotopic (exact) mass is 443 g/mol. The van der Waals surface area contributed by atoms with Crippen molar-refractivity contribution in [1.29, 1.82) is 0 Å². The van der Waals surface area contributed by atoms with Crippen LogP contribution in [0.4, 0.5) is 11.4 Å². The number of methoxy groups -OCH3 is 1. The number of hydrogen-bond acceptors (Lipinski definition) is 7. The highest BCUT2D eigenvalue weighted by Crippen LogP contribution is 2.40. The predicted molar refractivity (Wildman–Crippen MR) is 126 cm³/mol. The largest absolute Gasteiger partial charge is 0.486 e.